The molecule has 2 fully saturated rings. The predicted molar refractivity (Wildman–Crippen MR) is 134 cm³/mol. The number of hydrogen-bond acceptors (Lipinski definition) is 7. The zero-order valence-corrected chi connectivity index (χ0v) is 21.0. The Kier molecular flexibility index (Phi) is 6.96. The third-order valence-corrected chi connectivity index (χ3v) is 6.58. The van der Waals surface area contributed by atoms with Gasteiger partial charge in [0.2, 0.25) is 0 Å². The average molecular weight is 503 g/mol. The monoisotopic (exact) mass is 502 g/mol. The van der Waals surface area contributed by atoms with E-state index in [1.54, 1.807) is 13.8 Å². The smallest absolute Gasteiger partial charge is 0.303 e. The molecule has 0 aliphatic carbocycles. The summed E-state index contributed by atoms with van der Waals surface area (Å²) in [6, 6.07) is 29.3. The molecule has 0 amide bonds. The lowest BCUT2D eigenvalue weighted by atomic mass is 9.80. The average Bonchev–Trinajstić information content (AvgIpc) is 3.38. The Balaban J connectivity index is 1.49. The summed E-state index contributed by atoms with van der Waals surface area (Å²) < 4.78 is 29.7. The molecule has 0 radical (unpaired) electrons. The summed E-state index contributed by atoms with van der Waals surface area (Å²) in [7, 11) is 0. The molecule has 3 aromatic rings. The normalized spacial score (nSPS) is 24.4. The number of ketones is 1. The summed E-state index contributed by atoms with van der Waals surface area (Å²) in [6.07, 6.45) is -3.57. The quantitative estimate of drug-likeness (QED) is 0.334. The van der Waals surface area contributed by atoms with Gasteiger partial charge in [-0.2, -0.15) is 0 Å². The molecule has 4 atom stereocenters. The first-order chi connectivity index (χ1) is 17.8. The van der Waals surface area contributed by atoms with Gasteiger partial charge in [0, 0.05) is 6.92 Å². The molecular weight excluding hydrogens is 472 g/mol. The van der Waals surface area contributed by atoms with Crippen LogP contribution in [-0.4, -0.2) is 48.7 Å². The third-order valence-electron chi connectivity index (χ3n) is 6.58. The number of benzene rings is 3. The van der Waals surface area contributed by atoms with Crippen molar-refractivity contribution < 1.29 is 33.3 Å². The van der Waals surface area contributed by atoms with Crippen LogP contribution in [0.25, 0.3) is 0 Å². The summed E-state index contributed by atoms with van der Waals surface area (Å²) in [5.41, 5.74) is 1.54. The molecule has 7 heteroatoms. The molecule has 0 saturated carbocycles. The fourth-order valence-corrected chi connectivity index (χ4v) is 5.09. The van der Waals surface area contributed by atoms with E-state index in [1.807, 2.05) is 91.0 Å². The molecule has 5 rings (SSSR count). The third kappa shape index (κ3) is 4.95. The molecule has 0 bridgehead atoms. The van der Waals surface area contributed by atoms with Crippen LogP contribution in [0.15, 0.2) is 91.0 Å². The number of ether oxygens (including phenoxy) is 5. The second-order valence-electron chi connectivity index (χ2n) is 9.63. The maximum Gasteiger partial charge on any atom is 0.303 e. The van der Waals surface area contributed by atoms with Crippen LogP contribution < -0.4 is 0 Å². The molecule has 2 aliphatic rings. The van der Waals surface area contributed by atoms with E-state index in [2.05, 4.69) is 0 Å². The summed E-state index contributed by atoms with van der Waals surface area (Å²) in [5.74, 6) is -1.83. The van der Waals surface area contributed by atoms with Gasteiger partial charge in [0.1, 0.15) is 12.2 Å². The molecule has 2 aliphatic heterocycles. The van der Waals surface area contributed by atoms with E-state index in [1.165, 1.54) is 6.92 Å². The lowest BCUT2D eigenvalue weighted by Gasteiger charge is -2.36. The van der Waals surface area contributed by atoms with Crippen molar-refractivity contribution in [2.24, 2.45) is 0 Å². The van der Waals surface area contributed by atoms with Gasteiger partial charge in [0.05, 0.1) is 0 Å². The molecule has 0 spiro atoms. The van der Waals surface area contributed by atoms with Crippen LogP contribution >= 0.6 is 0 Å². The molecule has 0 N–H and O–H groups in total. The van der Waals surface area contributed by atoms with Crippen molar-refractivity contribution in [3.63, 3.8) is 0 Å². The Morgan fingerprint density at radius 3 is 1.76 bits per heavy atom. The highest BCUT2D eigenvalue weighted by Crippen LogP contribution is 2.42. The van der Waals surface area contributed by atoms with Crippen LogP contribution in [0.3, 0.4) is 0 Å². The van der Waals surface area contributed by atoms with Crippen LogP contribution in [0.2, 0.25) is 0 Å². The summed E-state index contributed by atoms with van der Waals surface area (Å²) in [6.45, 7) is 4.47. The lowest BCUT2D eigenvalue weighted by molar-refractivity contribution is -0.218. The van der Waals surface area contributed by atoms with E-state index in [0.717, 1.165) is 16.7 Å². The van der Waals surface area contributed by atoms with E-state index >= 15 is 0 Å². The number of hydrogen-bond donors (Lipinski definition) is 0. The number of carbonyl (C=O) groups is 2. The Hall–Kier alpha value is -3.36. The first-order valence-electron chi connectivity index (χ1n) is 12.3. The van der Waals surface area contributed by atoms with Gasteiger partial charge in [0.25, 0.3) is 0 Å². The Bertz CT molecular complexity index is 1130. The van der Waals surface area contributed by atoms with Crippen molar-refractivity contribution in [2.75, 3.05) is 6.61 Å². The van der Waals surface area contributed by atoms with Crippen LogP contribution in [0.4, 0.5) is 0 Å². The highest BCUT2D eigenvalue weighted by molar-refractivity contribution is 5.86. The van der Waals surface area contributed by atoms with E-state index in [9.17, 15) is 9.59 Å². The SMILES string of the molecule is CC(=O)OC1C(C(=O)COC(c2ccccc2)(c2ccccc2)c2ccccc2)OC2OC(C)(C)OC21. The second kappa shape index (κ2) is 10.2. The molecular formula is C30H30O7. The molecule has 7 nitrogen and oxygen atoms in total. The Morgan fingerprint density at radius 1 is 0.811 bits per heavy atom. The van der Waals surface area contributed by atoms with Crippen LogP contribution in [0, 0.1) is 0 Å². The van der Waals surface area contributed by atoms with E-state index in [-0.39, 0.29) is 12.4 Å². The number of fused-ring (bicyclic) bond motifs is 1. The summed E-state index contributed by atoms with van der Waals surface area (Å²) in [5, 5.41) is 0. The minimum atomic E-state index is -1.09. The van der Waals surface area contributed by atoms with E-state index in [4.69, 9.17) is 23.7 Å². The molecule has 37 heavy (non-hydrogen) atoms. The minimum absolute atomic E-state index is 0.302. The molecule has 2 saturated heterocycles. The van der Waals surface area contributed by atoms with Crippen LogP contribution in [0.5, 0.6) is 0 Å². The fourth-order valence-electron chi connectivity index (χ4n) is 5.09. The van der Waals surface area contributed by atoms with Gasteiger partial charge in [0.15, 0.2) is 36.2 Å². The van der Waals surface area contributed by atoms with Gasteiger partial charge in [-0.15, -0.1) is 0 Å². The highest BCUT2D eigenvalue weighted by atomic mass is 16.8. The van der Waals surface area contributed by atoms with Gasteiger partial charge in [-0.3, -0.25) is 9.59 Å². The standard InChI is InChI=1S/C30H30O7/c1-20(31)34-26-25(35-28-27(26)36-29(2,3)37-28)24(32)19-33-30(21-13-7-4-8-14-21,22-15-9-5-10-16-22)23-17-11-6-12-18-23/h4-18,25-28H,19H2,1-3H3. The van der Waals surface area contributed by atoms with Gasteiger partial charge in [-0.25, -0.2) is 0 Å². The zero-order chi connectivity index (χ0) is 26.0. The van der Waals surface area contributed by atoms with Crippen LogP contribution in [-0.2, 0) is 38.9 Å². The largest absolute Gasteiger partial charge is 0.456 e. The summed E-state index contributed by atoms with van der Waals surface area (Å²) in [4.78, 5) is 25.5. The number of esters is 1. The fraction of sp³-hybridized carbons (Fsp3) is 0.333. The van der Waals surface area contributed by atoms with Crippen molar-refractivity contribution in [3.8, 4) is 0 Å². The molecule has 192 valence electrons. The first-order valence-corrected chi connectivity index (χ1v) is 12.3. The van der Waals surface area contributed by atoms with Crippen molar-refractivity contribution in [3.05, 3.63) is 108 Å². The zero-order valence-electron chi connectivity index (χ0n) is 21.0. The Morgan fingerprint density at radius 2 is 1.30 bits per heavy atom. The number of carbonyl (C=O) groups excluding carboxylic acids is 2. The van der Waals surface area contributed by atoms with E-state index < -0.39 is 42.0 Å². The second-order valence-corrected chi connectivity index (χ2v) is 9.63. The van der Waals surface area contributed by atoms with Gasteiger partial charge in [-0.05, 0) is 30.5 Å². The van der Waals surface area contributed by atoms with Gasteiger partial charge >= 0.3 is 5.97 Å². The lowest BCUT2D eigenvalue weighted by Crippen LogP contribution is -2.44. The number of rotatable bonds is 8. The van der Waals surface area contributed by atoms with Crippen molar-refractivity contribution >= 4 is 11.8 Å². The number of Topliss-reactive ketones (excluding diaryl/α,β-unsaturated/α-hetero) is 1. The minimum Gasteiger partial charge on any atom is -0.456 e. The van der Waals surface area contributed by atoms with Gasteiger partial charge < -0.3 is 23.7 Å². The molecule has 4 unspecified atom stereocenters. The van der Waals surface area contributed by atoms with Crippen molar-refractivity contribution in [1.29, 1.82) is 0 Å². The Labute approximate surface area is 216 Å². The van der Waals surface area contributed by atoms with E-state index in [0.29, 0.717) is 0 Å². The topological polar surface area (TPSA) is 80.3 Å². The maximum atomic E-state index is 13.6. The van der Waals surface area contributed by atoms with Crippen molar-refractivity contribution in [1.82, 2.24) is 0 Å². The predicted octanol–water partition coefficient (Wildman–Crippen LogP) is 4.37. The molecule has 3 aromatic carbocycles. The van der Waals surface area contributed by atoms with Gasteiger partial charge in [-0.1, -0.05) is 91.0 Å². The summed E-state index contributed by atoms with van der Waals surface area (Å²) >= 11 is 0. The molecule has 2 heterocycles. The molecule has 0 aromatic heterocycles. The highest BCUT2D eigenvalue weighted by Gasteiger charge is 2.58. The van der Waals surface area contributed by atoms with Crippen molar-refractivity contribution in [2.45, 2.75) is 56.8 Å². The maximum absolute atomic E-state index is 13.6. The first kappa shape index (κ1) is 25.3. The van der Waals surface area contributed by atoms with Crippen LogP contribution in [0.1, 0.15) is 37.5 Å².